The second kappa shape index (κ2) is 3.47. The van der Waals surface area contributed by atoms with E-state index in [1.807, 2.05) is 24.3 Å². The quantitative estimate of drug-likeness (QED) is 0.790. The highest BCUT2D eigenvalue weighted by atomic mass is 79.9. The van der Waals surface area contributed by atoms with Gasteiger partial charge >= 0.3 is 0 Å². The minimum absolute atomic E-state index is 0.513. The molecule has 0 saturated heterocycles. The van der Waals surface area contributed by atoms with Gasteiger partial charge in [0.25, 0.3) is 0 Å². The van der Waals surface area contributed by atoms with Crippen molar-refractivity contribution in [3.8, 4) is 0 Å². The van der Waals surface area contributed by atoms with Gasteiger partial charge in [0.2, 0.25) is 0 Å². The Balaban J connectivity index is 2.57. The Morgan fingerprint density at radius 1 is 1.46 bits per heavy atom. The topological polar surface area (TPSA) is 48.9 Å². The van der Waals surface area contributed by atoms with Crippen LogP contribution < -0.4 is 0 Å². The minimum atomic E-state index is -0.521. The first-order valence-corrected chi connectivity index (χ1v) is 5.12. The summed E-state index contributed by atoms with van der Waals surface area (Å²) in [6.45, 7) is 0. The van der Waals surface area contributed by atoms with Crippen molar-refractivity contribution in [2.75, 3.05) is 5.33 Å². The van der Waals surface area contributed by atoms with Crippen LogP contribution in [0.3, 0.4) is 0 Å². The Morgan fingerprint density at radius 3 is 3.00 bits per heavy atom. The number of alkyl halides is 1. The molecule has 1 heterocycles. The second-order valence-corrected chi connectivity index (χ2v) is 3.47. The molecule has 1 aromatic heterocycles. The molecule has 1 aromatic carbocycles. The average Bonchev–Trinajstić information content (AvgIpc) is 2.60. The van der Waals surface area contributed by atoms with Crippen LogP contribution in [0.1, 0.15) is 11.8 Å². The van der Waals surface area contributed by atoms with Gasteiger partial charge in [-0.3, -0.25) is 5.10 Å². The van der Waals surface area contributed by atoms with Crippen LogP contribution in [-0.4, -0.2) is 20.6 Å². The molecule has 0 aliphatic rings. The number of aliphatic hydroxyl groups is 1. The fourth-order valence-electron chi connectivity index (χ4n) is 1.31. The predicted octanol–water partition coefficient (Wildman–Crippen LogP) is 1.99. The zero-order valence-electron chi connectivity index (χ0n) is 6.87. The lowest BCUT2D eigenvalue weighted by Crippen LogP contribution is -1.98. The molecule has 0 aliphatic heterocycles. The van der Waals surface area contributed by atoms with Crippen LogP contribution in [-0.2, 0) is 0 Å². The summed E-state index contributed by atoms with van der Waals surface area (Å²) < 4.78 is 0. The highest BCUT2D eigenvalue weighted by Gasteiger charge is 2.11. The van der Waals surface area contributed by atoms with Crippen LogP contribution in [0.15, 0.2) is 24.3 Å². The monoisotopic (exact) mass is 240 g/mol. The molecular formula is C9H9BrN2O. The van der Waals surface area contributed by atoms with Gasteiger partial charge in [-0.25, -0.2) is 0 Å². The van der Waals surface area contributed by atoms with Crippen LogP contribution in [0.25, 0.3) is 10.9 Å². The Kier molecular flexibility index (Phi) is 2.33. The summed E-state index contributed by atoms with van der Waals surface area (Å²) >= 11 is 3.22. The van der Waals surface area contributed by atoms with Gasteiger partial charge in [-0.1, -0.05) is 34.1 Å². The Hall–Kier alpha value is -0.870. The van der Waals surface area contributed by atoms with Crippen molar-refractivity contribution in [1.29, 1.82) is 0 Å². The predicted molar refractivity (Wildman–Crippen MR) is 54.8 cm³/mol. The van der Waals surface area contributed by atoms with Gasteiger partial charge in [0, 0.05) is 10.7 Å². The molecule has 68 valence electrons. The number of nitrogens with one attached hydrogen (secondary N) is 1. The summed E-state index contributed by atoms with van der Waals surface area (Å²) in [5.41, 5.74) is 1.66. The molecule has 2 rings (SSSR count). The molecule has 1 atom stereocenters. The van der Waals surface area contributed by atoms with Gasteiger partial charge < -0.3 is 5.11 Å². The van der Waals surface area contributed by atoms with Gasteiger partial charge in [0.05, 0.1) is 11.2 Å². The molecule has 13 heavy (non-hydrogen) atoms. The van der Waals surface area contributed by atoms with E-state index in [4.69, 9.17) is 0 Å². The summed E-state index contributed by atoms with van der Waals surface area (Å²) in [4.78, 5) is 0. The van der Waals surface area contributed by atoms with Crippen LogP contribution >= 0.6 is 15.9 Å². The number of fused-ring (bicyclic) bond motifs is 1. The number of H-pyrrole nitrogens is 1. The van der Waals surface area contributed by atoms with E-state index in [9.17, 15) is 5.11 Å². The van der Waals surface area contributed by atoms with Crippen molar-refractivity contribution in [3.05, 3.63) is 30.0 Å². The van der Waals surface area contributed by atoms with Crippen molar-refractivity contribution in [3.63, 3.8) is 0 Å². The Morgan fingerprint density at radius 2 is 2.23 bits per heavy atom. The third-order valence-electron chi connectivity index (χ3n) is 1.97. The Labute approximate surface area is 83.9 Å². The number of rotatable bonds is 2. The first-order valence-electron chi connectivity index (χ1n) is 4.00. The van der Waals surface area contributed by atoms with Crippen molar-refractivity contribution in [2.45, 2.75) is 6.10 Å². The van der Waals surface area contributed by atoms with Gasteiger partial charge in [0.1, 0.15) is 6.10 Å². The minimum Gasteiger partial charge on any atom is -0.386 e. The van der Waals surface area contributed by atoms with E-state index >= 15 is 0 Å². The smallest absolute Gasteiger partial charge is 0.106 e. The first-order chi connectivity index (χ1) is 6.33. The number of hydrogen-bond acceptors (Lipinski definition) is 2. The lowest BCUT2D eigenvalue weighted by atomic mass is 10.1. The van der Waals surface area contributed by atoms with Crippen molar-refractivity contribution in [2.24, 2.45) is 0 Å². The van der Waals surface area contributed by atoms with E-state index in [2.05, 4.69) is 26.1 Å². The zero-order valence-corrected chi connectivity index (χ0v) is 8.45. The zero-order chi connectivity index (χ0) is 9.26. The van der Waals surface area contributed by atoms with Crippen LogP contribution in [0, 0.1) is 0 Å². The summed E-state index contributed by atoms with van der Waals surface area (Å²) in [7, 11) is 0. The maximum Gasteiger partial charge on any atom is 0.106 e. The molecule has 2 aromatic rings. The molecule has 2 N–H and O–H groups in total. The van der Waals surface area contributed by atoms with Crippen molar-refractivity contribution >= 4 is 26.8 Å². The fraction of sp³-hybridized carbons (Fsp3) is 0.222. The van der Waals surface area contributed by atoms with E-state index in [0.717, 1.165) is 16.6 Å². The number of aromatic nitrogens is 2. The molecule has 0 bridgehead atoms. The van der Waals surface area contributed by atoms with Gasteiger partial charge in [0.15, 0.2) is 0 Å². The normalized spacial score (nSPS) is 13.4. The lowest BCUT2D eigenvalue weighted by Gasteiger charge is -2.02. The summed E-state index contributed by atoms with van der Waals surface area (Å²) in [6, 6.07) is 7.71. The first kappa shape index (κ1) is 8.72. The van der Waals surface area contributed by atoms with Gasteiger partial charge in [-0.05, 0) is 6.07 Å². The molecule has 0 radical (unpaired) electrons. The SMILES string of the molecule is OC(CBr)c1[nH]nc2ccccc12. The number of benzene rings is 1. The average molecular weight is 241 g/mol. The molecule has 0 spiro atoms. The third kappa shape index (κ3) is 1.47. The number of aliphatic hydroxyl groups excluding tert-OH is 1. The number of aromatic amines is 1. The highest BCUT2D eigenvalue weighted by Crippen LogP contribution is 2.22. The van der Waals surface area contributed by atoms with Crippen LogP contribution in [0.5, 0.6) is 0 Å². The van der Waals surface area contributed by atoms with E-state index in [0.29, 0.717) is 5.33 Å². The second-order valence-electron chi connectivity index (χ2n) is 2.82. The van der Waals surface area contributed by atoms with Crippen LogP contribution in [0.2, 0.25) is 0 Å². The van der Waals surface area contributed by atoms with Crippen molar-refractivity contribution in [1.82, 2.24) is 10.2 Å². The summed E-state index contributed by atoms with van der Waals surface area (Å²) in [5.74, 6) is 0. The van der Waals surface area contributed by atoms with Crippen molar-refractivity contribution < 1.29 is 5.11 Å². The van der Waals surface area contributed by atoms with Crippen LogP contribution in [0.4, 0.5) is 0 Å². The number of nitrogens with zero attached hydrogens (tertiary/aromatic N) is 1. The molecule has 4 heteroatoms. The van der Waals surface area contributed by atoms with Gasteiger partial charge in [-0.15, -0.1) is 0 Å². The molecule has 0 aliphatic carbocycles. The maximum atomic E-state index is 9.60. The number of halogens is 1. The number of para-hydroxylation sites is 1. The lowest BCUT2D eigenvalue weighted by molar-refractivity contribution is 0.202. The molecule has 0 amide bonds. The molecular weight excluding hydrogens is 232 g/mol. The summed E-state index contributed by atoms with van der Waals surface area (Å²) in [6.07, 6.45) is -0.521. The fourth-order valence-corrected chi connectivity index (χ4v) is 1.63. The number of hydrogen-bond donors (Lipinski definition) is 2. The Bertz CT molecular complexity index is 413. The van der Waals surface area contributed by atoms with E-state index < -0.39 is 6.10 Å². The largest absolute Gasteiger partial charge is 0.386 e. The molecule has 3 nitrogen and oxygen atoms in total. The standard InChI is InChI=1S/C9H9BrN2O/c10-5-8(13)9-6-3-1-2-4-7(6)11-12-9/h1-4,8,13H,5H2,(H,11,12). The van der Waals surface area contributed by atoms with E-state index in [-0.39, 0.29) is 0 Å². The molecule has 0 saturated carbocycles. The van der Waals surface area contributed by atoms with E-state index in [1.165, 1.54) is 0 Å². The van der Waals surface area contributed by atoms with E-state index in [1.54, 1.807) is 0 Å². The maximum absolute atomic E-state index is 9.60. The molecule has 0 fully saturated rings. The highest BCUT2D eigenvalue weighted by molar-refractivity contribution is 9.09. The summed E-state index contributed by atoms with van der Waals surface area (Å²) in [5, 5.41) is 18.0. The van der Waals surface area contributed by atoms with Gasteiger partial charge in [-0.2, -0.15) is 5.10 Å². The third-order valence-corrected chi connectivity index (χ3v) is 2.58. The molecule has 1 unspecified atom stereocenters.